The van der Waals surface area contributed by atoms with Crippen LogP contribution in [0.5, 0.6) is 0 Å². The molecule has 2 atom stereocenters. The lowest BCUT2D eigenvalue weighted by molar-refractivity contribution is -0.122. The summed E-state index contributed by atoms with van der Waals surface area (Å²) in [7, 11) is -4.00. The third-order valence-electron chi connectivity index (χ3n) is 6.06. The van der Waals surface area contributed by atoms with Crippen molar-refractivity contribution in [1.82, 2.24) is 4.90 Å². The monoisotopic (exact) mass is 456 g/mol. The zero-order valence-electron chi connectivity index (χ0n) is 18.4. The highest BCUT2D eigenvalue weighted by molar-refractivity contribution is 7.86. The van der Waals surface area contributed by atoms with Crippen LogP contribution < -0.4 is 4.90 Å². The number of benzene rings is 2. The number of amides is 2. The maximum atomic E-state index is 13.5. The van der Waals surface area contributed by atoms with Crippen molar-refractivity contribution >= 4 is 27.6 Å². The first-order valence-electron chi connectivity index (χ1n) is 11.0. The fourth-order valence-corrected chi connectivity index (χ4v) is 5.44. The maximum absolute atomic E-state index is 13.5. The van der Waals surface area contributed by atoms with Crippen LogP contribution in [-0.2, 0) is 19.1 Å². The molecular formula is C24H28N2O5S. The van der Waals surface area contributed by atoms with Gasteiger partial charge in [0.15, 0.2) is 0 Å². The number of para-hydroxylation sites is 1. The minimum absolute atomic E-state index is 0.0530. The topological polar surface area (TPSA) is 84.0 Å². The molecule has 0 bridgehead atoms. The number of aryl methyl sites for hydroxylation is 1. The van der Waals surface area contributed by atoms with Crippen molar-refractivity contribution in [1.29, 1.82) is 0 Å². The quantitative estimate of drug-likeness (QED) is 0.470. The highest BCUT2D eigenvalue weighted by atomic mass is 32.2. The molecule has 0 N–H and O–H groups in total. The van der Waals surface area contributed by atoms with Gasteiger partial charge in [0.2, 0.25) is 5.91 Å². The molecule has 2 aromatic carbocycles. The van der Waals surface area contributed by atoms with E-state index in [4.69, 9.17) is 4.18 Å². The standard InChI is InChI=1S/C24H28N2O5S/c1-3-4-7-14-25-21-9-6-5-8-20(21)23(27)26-16-18(15-22(26)24(25)28)31-32(29,30)19-12-10-17(2)11-13-19/h5-6,8-13,18,22H,3-4,7,14-16H2,1-2H3/t18-,22+/m1/s1. The maximum Gasteiger partial charge on any atom is 0.297 e. The van der Waals surface area contributed by atoms with Gasteiger partial charge >= 0.3 is 0 Å². The van der Waals surface area contributed by atoms with E-state index in [1.165, 1.54) is 17.0 Å². The first-order chi connectivity index (χ1) is 15.3. The molecule has 2 aromatic rings. The summed E-state index contributed by atoms with van der Waals surface area (Å²) in [6.45, 7) is 4.54. The molecule has 0 spiro atoms. The SMILES string of the molecule is CCCCCN1C(=O)[C@@H]2C[C@@H](OS(=O)(=O)c3ccc(C)cc3)CN2C(=O)c2ccccc21. The molecule has 2 aliphatic rings. The van der Waals surface area contributed by atoms with Crippen LogP contribution in [0.4, 0.5) is 5.69 Å². The summed E-state index contributed by atoms with van der Waals surface area (Å²) in [5.74, 6) is -0.450. The molecule has 0 aliphatic carbocycles. The average molecular weight is 457 g/mol. The molecule has 32 heavy (non-hydrogen) atoms. The van der Waals surface area contributed by atoms with Crippen LogP contribution in [-0.4, -0.2) is 50.4 Å². The summed E-state index contributed by atoms with van der Waals surface area (Å²) in [5, 5.41) is 0. The second-order valence-corrected chi connectivity index (χ2v) is 9.98. The van der Waals surface area contributed by atoms with E-state index < -0.39 is 22.3 Å². The van der Waals surface area contributed by atoms with Crippen LogP contribution in [0.2, 0.25) is 0 Å². The Kier molecular flexibility index (Phi) is 6.35. The van der Waals surface area contributed by atoms with Gasteiger partial charge in [-0.25, -0.2) is 0 Å². The molecule has 1 fully saturated rings. The molecular weight excluding hydrogens is 428 g/mol. The molecule has 2 heterocycles. The molecule has 1 saturated heterocycles. The molecule has 2 amide bonds. The number of unbranched alkanes of at least 4 members (excludes halogenated alkanes) is 2. The van der Waals surface area contributed by atoms with E-state index in [0.29, 0.717) is 17.8 Å². The van der Waals surface area contributed by atoms with Crippen molar-refractivity contribution in [3.8, 4) is 0 Å². The third-order valence-corrected chi connectivity index (χ3v) is 7.43. The Bertz CT molecular complexity index is 1110. The van der Waals surface area contributed by atoms with Crippen molar-refractivity contribution in [2.45, 2.75) is 56.6 Å². The molecule has 0 unspecified atom stereocenters. The van der Waals surface area contributed by atoms with Gasteiger partial charge in [0.05, 0.1) is 22.3 Å². The third kappa shape index (κ3) is 4.29. The largest absolute Gasteiger partial charge is 0.324 e. The number of hydrogen-bond donors (Lipinski definition) is 0. The van der Waals surface area contributed by atoms with E-state index in [1.807, 2.05) is 13.0 Å². The Hall–Kier alpha value is -2.71. The van der Waals surface area contributed by atoms with E-state index in [9.17, 15) is 18.0 Å². The molecule has 0 aromatic heterocycles. The molecule has 170 valence electrons. The number of carbonyl (C=O) groups is 2. The Morgan fingerprint density at radius 1 is 1.03 bits per heavy atom. The van der Waals surface area contributed by atoms with E-state index in [1.54, 1.807) is 35.2 Å². The van der Waals surface area contributed by atoms with Gasteiger partial charge in [0.1, 0.15) is 6.04 Å². The van der Waals surface area contributed by atoms with E-state index in [0.717, 1.165) is 24.8 Å². The van der Waals surface area contributed by atoms with Gasteiger partial charge in [0.25, 0.3) is 16.0 Å². The first kappa shape index (κ1) is 22.5. The summed E-state index contributed by atoms with van der Waals surface area (Å²) in [6.07, 6.45) is 2.20. The zero-order valence-corrected chi connectivity index (χ0v) is 19.2. The van der Waals surface area contributed by atoms with Crippen LogP contribution in [0, 0.1) is 6.92 Å². The van der Waals surface area contributed by atoms with E-state index in [-0.39, 0.29) is 29.7 Å². The number of nitrogens with zero attached hydrogens (tertiary/aromatic N) is 2. The van der Waals surface area contributed by atoms with E-state index >= 15 is 0 Å². The number of fused-ring (bicyclic) bond motifs is 2. The highest BCUT2D eigenvalue weighted by Crippen LogP contribution is 2.34. The lowest BCUT2D eigenvalue weighted by atomic mass is 10.1. The van der Waals surface area contributed by atoms with Crippen LogP contribution in [0.25, 0.3) is 0 Å². The second kappa shape index (κ2) is 9.03. The van der Waals surface area contributed by atoms with Crippen molar-refractivity contribution < 1.29 is 22.2 Å². The Morgan fingerprint density at radius 3 is 2.47 bits per heavy atom. The predicted octanol–water partition coefficient (Wildman–Crippen LogP) is 3.52. The number of anilines is 1. The number of rotatable bonds is 7. The van der Waals surface area contributed by atoms with Crippen LogP contribution >= 0.6 is 0 Å². The van der Waals surface area contributed by atoms with Crippen molar-refractivity contribution in [3.63, 3.8) is 0 Å². The van der Waals surface area contributed by atoms with Crippen molar-refractivity contribution in [2.75, 3.05) is 18.0 Å². The summed E-state index contributed by atoms with van der Waals surface area (Å²) >= 11 is 0. The normalized spacial score (nSPS) is 20.8. The Morgan fingerprint density at radius 2 is 1.75 bits per heavy atom. The van der Waals surface area contributed by atoms with Gasteiger partial charge in [-0.3, -0.25) is 13.8 Å². The summed E-state index contributed by atoms with van der Waals surface area (Å²) in [6, 6.07) is 12.8. The zero-order chi connectivity index (χ0) is 22.9. The molecule has 0 saturated carbocycles. The van der Waals surface area contributed by atoms with Gasteiger partial charge in [-0.05, 0) is 37.6 Å². The second-order valence-electron chi connectivity index (χ2n) is 8.41. The van der Waals surface area contributed by atoms with Crippen LogP contribution in [0.1, 0.15) is 48.5 Å². The predicted molar refractivity (Wildman–Crippen MR) is 121 cm³/mol. The smallest absolute Gasteiger partial charge is 0.297 e. The molecule has 8 heteroatoms. The van der Waals surface area contributed by atoms with Gasteiger partial charge in [-0.1, -0.05) is 49.6 Å². The fourth-order valence-electron chi connectivity index (χ4n) is 4.36. The molecule has 4 rings (SSSR count). The van der Waals surface area contributed by atoms with Gasteiger partial charge in [-0.2, -0.15) is 8.42 Å². The summed E-state index contributed by atoms with van der Waals surface area (Å²) < 4.78 is 31.0. The Labute approximate surface area is 189 Å². The van der Waals surface area contributed by atoms with Gasteiger partial charge < -0.3 is 9.80 Å². The van der Waals surface area contributed by atoms with Gasteiger partial charge in [-0.15, -0.1) is 0 Å². The van der Waals surface area contributed by atoms with Crippen molar-refractivity contribution in [2.24, 2.45) is 0 Å². The first-order valence-corrected chi connectivity index (χ1v) is 12.4. The lowest BCUT2D eigenvalue weighted by Gasteiger charge is -2.25. The number of hydrogen-bond acceptors (Lipinski definition) is 5. The number of carbonyl (C=O) groups excluding carboxylic acids is 2. The van der Waals surface area contributed by atoms with Crippen LogP contribution in [0.15, 0.2) is 53.4 Å². The lowest BCUT2D eigenvalue weighted by Crippen LogP contribution is -2.45. The van der Waals surface area contributed by atoms with Crippen molar-refractivity contribution in [3.05, 3.63) is 59.7 Å². The average Bonchev–Trinajstić information content (AvgIpc) is 3.16. The van der Waals surface area contributed by atoms with Gasteiger partial charge in [0, 0.05) is 19.5 Å². The Balaban J connectivity index is 1.59. The molecule has 2 aliphatic heterocycles. The molecule has 0 radical (unpaired) electrons. The summed E-state index contributed by atoms with van der Waals surface area (Å²) in [5.41, 5.74) is 2.02. The highest BCUT2D eigenvalue weighted by Gasteiger charge is 2.46. The fraction of sp³-hybridized carbons (Fsp3) is 0.417. The minimum atomic E-state index is -4.00. The summed E-state index contributed by atoms with van der Waals surface area (Å²) in [4.78, 5) is 30.0. The van der Waals surface area contributed by atoms with Crippen LogP contribution in [0.3, 0.4) is 0 Å². The molecule has 7 nitrogen and oxygen atoms in total. The van der Waals surface area contributed by atoms with E-state index in [2.05, 4.69) is 6.92 Å². The minimum Gasteiger partial charge on any atom is -0.324 e.